The van der Waals surface area contributed by atoms with E-state index in [0.717, 1.165) is 17.7 Å². The van der Waals surface area contributed by atoms with E-state index in [2.05, 4.69) is 0 Å². The number of hydrogen-bond donors (Lipinski definition) is 3. The minimum Gasteiger partial charge on any atom is -0.507 e. The molecule has 1 aromatic carbocycles. The molecule has 2 aliphatic heterocycles. The fourth-order valence-corrected chi connectivity index (χ4v) is 6.01. The highest BCUT2D eigenvalue weighted by Crippen LogP contribution is 2.60. The van der Waals surface area contributed by atoms with Crippen LogP contribution < -0.4 is 0 Å². The van der Waals surface area contributed by atoms with Crippen molar-refractivity contribution in [1.82, 2.24) is 4.90 Å². The van der Waals surface area contributed by atoms with E-state index in [1.54, 1.807) is 11.8 Å². The summed E-state index contributed by atoms with van der Waals surface area (Å²) in [7, 11) is 0. The van der Waals surface area contributed by atoms with Crippen molar-refractivity contribution in [2.45, 2.75) is 43.4 Å². The molecule has 1 aromatic rings. The van der Waals surface area contributed by atoms with Gasteiger partial charge in [-0.2, -0.15) is 0 Å². The second kappa shape index (κ2) is 5.07. The van der Waals surface area contributed by atoms with Crippen LogP contribution in [0.3, 0.4) is 0 Å². The first-order chi connectivity index (χ1) is 13.8. The molecule has 5 aliphatic rings. The van der Waals surface area contributed by atoms with Crippen LogP contribution in [0, 0.1) is 0 Å². The zero-order valence-electron chi connectivity index (χ0n) is 15.4. The molecule has 0 saturated carbocycles. The van der Waals surface area contributed by atoms with Gasteiger partial charge in [0, 0.05) is 29.5 Å². The van der Waals surface area contributed by atoms with E-state index in [4.69, 9.17) is 4.74 Å². The first kappa shape index (κ1) is 16.8. The molecular formula is C21H17NO7. The van der Waals surface area contributed by atoms with Crippen LogP contribution in [0.25, 0.3) is 0 Å². The molecule has 8 nitrogen and oxygen atoms in total. The van der Waals surface area contributed by atoms with Gasteiger partial charge in [-0.3, -0.25) is 14.5 Å². The number of nitrogens with zero attached hydrogens (tertiary/aromatic N) is 1. The summed E-state index contributed by atoms with van der Waals surface area (Å²) in [6.45, 7) is 2.14. The highest BCUT2D eigenvalue weighted by atomic mass is 16.6. The van der Waals surface area contributed by atoms with Crippen molar-refractivity contribution in [3.8, 4) is 11.5 Å². The number of carbonyl (C=O) groups is 3. The fraction of sp³-hybridized carbons (Fsp3) is 0.381. The summed E-state index contributed by atoms with van der Waals surface area (Å²) in [6.07, 6.45) is 0.410. The molecule has 2 fully saturated rings. The number of ketones is 2. The second-order valence-corrected chi connectivity index (χ2v) is 8.24. The zero-order chi connectivity index (χ0) is 20.4. The van der Waals surface area contributed by atoms with Crippen molar-refractivity contribution < 1.29 is 34.4 Å². The van der Waals surface area contributed by atoms with Gasteiger partial charge in [0.25, 0.3) is 0 Å². The molecule has 148 valence electrons. The summed E-state index contributed by atoms with van der Waals surface area (Å²) in [5.41, 5.74) is 1.88. The van der Waals surface area contributed by atoms with Crippen LogP contribution in [0.15, 0.2) is 23.3 Å². The number of aromatic hydroxyl groups is 2. The average molecular weight is 395 g/mol. The summed E-state index contributed by atoms with van der Waals surface area (Å²) in [6, 6.07) is -0.420. The van der Waals surface area contributed by atoms with E-state index >= 15 is 0 Å². The highest BCUT2D eigenvalue weighted by molar-refractivity contribution is 6.24. The Kier molecular flexibility index (Phi) is 2.94. The molecule has 6 rings (SSSR count). The predicted molar refractivity (Wildman–Crippen MR) is 97.1 cm³/mol. The van der Waals surface area contributed by atoms with Crippen molar-refractivity contribution in [1.29, 1.82) is 0 Å². The quantitative estimate of drug-likeness (QED) is 0.449. The van der Waals surface area contributed by atoms with E-state index in [1.807, 2.05) is 0 Å². The van der Waals surface area contributed by atoms with Gasteiger partial charge >= 0.3 is 6.09 Å². The molecule has 0 radical (unpaired) electrons. The summed E-state index contributed by atoms with van der Waals surface area (Å²) < 4.78 is 5.41. The monoisotopic (exact) mass is 395 g/mol. The molecule has 0 aromatic heterocycles. The van der Waals surface area contributed by atoms with Crippen LogP contribution in [-0.4, -0.2) is 62.7 Å². The van der Waals surface area contributed by atoms with Gasteiger partial charge in [-0.25, -0.2) is 4.79 Å². The molecule has 2 heterocycles. The first-order valence-corrected chi connectivity index (χ1v) is 9.60. The molecule has 5 unspecified atom stereocenters. The first-order valence-electron chi connectivity index (χ1n) is 9.60. The third kappa shape index (κ3) is 1.72. The van der Waals surface area contributed by atoms with Gasteiger partial charge in [0.2, 0.25) is 0 Å². The Labute approximate surface area is 164 Å². The van der Waals surface area contributed by atoms with Crippen molar-refractivity contribution >= 4 is 17.7 Å². The van der Waals surface area contributed by atoms with E-state index in [1.165, 1.54) is 0 Å². The lowest BCUT2D eigenvalue weighted by Crippen LogP contribution is -2.44. The zero-order valence-corrected chi connectivity index (χ0v) is 15.4. The molecule has 1 amide bonds. The predicted octanol–water partition coefficient (Wildman–Crippen LogP) is 1.50. The lowest BCUT2D eigenvalue weighted by molar-refractivity contribution is 0.0515. The number of fused-ring (bicyclic) bond motifs is 3. The Morgan fingerprint density at radius 3 is 2.28 bits per heavy atom. The van der Waals surface area contributed by atoms with Crippen molar-refractivity contribution in [2.75, 3.05) is 6.54 Å². The van der Waals surface area contributed by atoms with Crippen LogP contribution in [-0.2, 0) is 4.74 Å². The Morgan fingerprint density at radius 2 is 1.62 bits per heavy atom. The van der Waals surface area contributed by atoms with Gasteiger partial charge < -0.3 is 20.1 Å². The highest BCUT2D eigenvalue weighted by Gasteiger charge is 2.60. The molecule has 0 spiro atoms. The molecule has 29 heavy (non-hydrogen) atoms. The van der Waals surface area contributed by atoms with Crippen LogP contribution in [0.4, 0.5) is 4.79 Å². The molecule has 0 bridgehead atoms. The van der Waals surface area contributed by atoms with Crippen molar-refractivity contribution in [3.05, 3.63) is 45.6 Å². The summed E-state index contributed by atoms with van der Waals surface area (Å²) >= 11 is 0. The largest absolute Gasteiger partial charge is 0.507 e. The van der Waals surface area contributed by atoms with Gasteiger partial charge in [-0.1, -0.05) is 6.92 Å². The van der Waals surface area contributed by atoms with E-state index in [0.29, 0.717) is 29.7 Å². The van der Waals surface area contributed by atoms with E-state index < -0.39 is 41.8 Å². The number of hydrogen-bond acceptors (Lipinski definition) is 7. The summed E-state index contributed by atoms with van der Waals surface area (Å²) in [4.78, 5) is 38.6. The van der Waals surface area contributed by atoms with Gasteiger partial charge in [0.15, 0.2) is 17.7 Å². The number of benzene rings is 1. The number of aliphatic hydroxyl groups is 1. The minimum atomic E-state index is -1.03. The maximum absolute atomic E-state index is 12.4. The Hall–Kier alpha value is -3.13. The smallest absolute Gasteiger partial charge is 0.410 e. The fourth-order valence-electron chi connectivity index (χ4n) is 6.01. The molecule has 3 N–H and O–H groups in total. The number of ether oxygens (including phenoxy) is 1. The number of carbonyl (C=O) groups excluding carboxylic acids is 3. The lowest BCUT2D eigenvalue weighted by atomic mass is 9.68. The van der Waals surface area contributed by atoms with Crippen molar-refractivity contribution in [3.63, 3.8) is 0 Å². The van der Waals surface area contributed by atoms with Crippen LogP contribution >= 0.6 is 0 Å². The lowest BCUT2D eigenvalue weighted by Gasteiger charge is -2.41. The number of amides is 1. The number of allylic oxidation sites excluding steroid dienone is 2. The molecule has 5 atom stereocenters. The summed E-state index contributed by atoms with van der Waals surface area (Å²) in [5.74, 6) is -2.59. The average Bonchev–Trinajstić information content (AvgIpc) is 3.17. The normalized spacial score (nSPS) is 33.7. The third-order valence-electron chi connectivity index (χ3n) is 7.09. The Balaban J connectivity index is 1.66. The summed E-state index contributed by atoms with van der Waals surface area (Å²) in [5, 5.41) is 33.0. The Bertz CT molecular complexity index is 1130. The number of aliphatic hydroxyl groups excluding tert-OH is 1. The third-order valence-corrected chi connectivity index (χ3v) is 7.09. The Morgan fingerprint density at radius 1 is 1.00 bits per heavy atom. The van der Waals surface area contributed by atoms with Gasteiger partial charge in [0.05, 0.1) is 17.2 Å². The van der Waals surface area contributed by atoms with E-state index in [-0.39, 0.29) is 28.5 Å². The van der Waals surface area contributed by atoms with Gasteiger partial charge in [-0.15, -0.1) is 0 Å². The van der Waals surface area contributed by atoms with Gasteiger partial charge in [-0.05, 0) is 29.7 Å². The standard InChI is InChI=1S/C21H17NO7/c1-6-10-12-7(4-5-22-16(12)20(19(10)27)29-21(22)28)13-11(6)17(25)14-8(23)2-3-9(24)15(14)18(13)26/h2-3,6-7,16,19-20,25-27H,4-5H2,1H3. The SMILES string of the molecule is CC1C2=C3C(CCN4C(=O)OC(C2O)C34)c2c(O)c3c(c(O)c21)C(=O)C=CC3=O. The molecule has 8 heteroatoms. The maximum Gasteiger partial charge on any atom is 0.410 e. The molecule has 2 saturated heterocycles. The van der Waals surface area contributed by atoms with E-state index in [9.17, 15) is 29.7 Å². The van der Waals surface area contributed by atoms with Crippen molar-refractivity contribution in [2.24, 2.45) is 0 Å². The van der Waals surface area contributed by atoms with Crippen LogP contribution in [0.5, 0.6) is 11.5 Å². The number of rotatable bonds is 0. The minimum absolute atomic E-state index is 0.179. The molecular weight excluding hydrogens is 378 g/mol. The number of piperidine rings is 1. The van der Waals surface area contributed by atoms with Gasteiger partial charge in [0.1, 0.15) is 17.6 Å². The second-order valence-electron chi connectivity index (χ2n) is 8.24. The van der Waals surface area contributed by atoms with Crippen LogP contribution in [0.2, 0.25) is 0 Å². The van der Waals surface area contributed by atoms with Crippen LogP contribution in [0.1, 0.15) is 57.0 Å². The number of phenolic OH excluding ortho intramolecular Hbond substituents is 2. The molecule has 3 aliphatic carbocycles. The number of phenols is 2. The maximum atomic E-state index is 12.4. The topological polar surface area (TPSA) is 124 Å².